The molecule has 1 aromatic carbocycles. The minimum Gasteiger partial charge on any atom is -0.484 e. The van der Waals surface area contributed by atoms with Crippen molar-refractivity contribution in [1.82, 2.24) is 5.32 Å². The summed E-state index contributed by atoms with van der Waals surface area (Å²) < 4.78 is 6.05. The van der Waals surface area contributed by atoms with E-state index in [1.807, 2.05) is 0 Å². The molecule has 0 aliphatic carbocycles. The van der Waals surface area contributed by atoms with E-state index in [4.69, 9.17) is 4.74 Å². The molecule has 2 aliphatic rings. The van der Waals surface area contributed by atoms with Gasteiger partial charge in [-0.2, -0.15) is 0 Å². The molecule has 0 atom stereocenters. The Labute approximate surface area is 108 Å². The van der Waals surface area contributed by atoms with Gasteiger partial charge in [0.05, 0.1) is 12.2 Å². The first-order valence-electron chi connectivity index (χ1n) is 6.67. The summed E-state index contributed by atoms with van der Waals surface area (Å²) in [7, 11) is 0. The number of rotatable bonds is 1. The van der Waals surface area contributed by atoms with E-state index in [1.165, 1.54) is 5.69 Å². The van der Waals surface area contributed by atoms with Crippen molar-refractivity contribution in [1.29, 1.82) is 0 Å². The molecule has 0 spiro atoms. The zero-order valence-corrected chi connectivity index (χ0v) is 11.1. The Hall–Kier alpha value is -1.42. The second-order valence-electron chi connectivity index (χ2n) is 5.60. The van der Waals surface area contributed by atoms with Gasteiger partial charge < -0.3 is 20.3 Å². The molecule has 2 heterocycles. The van der Waals surface area contributed by atoms with Crippen molar-refractivity contribution in [3.63, 3.8) is 0 Å². The van der Waals surface area contributed by atoms with E-state index in [2.05, 4.69) is 47.6 Å². The molecule has 1 saturated heterocycles. The van der Waals surface area contributed by atoms with Crippen LogP contribution in [0.4, 0.5) is 11.4 Å². The van der Waals surface area contributed by atoms with Crippen LogP contribution in [0.5, 0.6) is 5.75 Å². The zero-order valence-electron chi connectivity index (χ0n) is 11.1. The van der Waals surface area contributed by atoms with Gasteiger partial charge in [-0.25, -0.2) is 0 Å². The second-order valence-corrected chi connectivity index (χ2v) is 5.60. The van der Waals surface area contributed by atoms with E-state index >= 15 is 0 Å². The summed E-state index contributed by atoms with van der Waals surface area (Å²) in [5.41, 5.74) is 2.29. The molecule has 1 fully saturated rings. The predicted octanol–water partition coefficient (Wildman–Crippen LogP) is 1.68. The lowest BCUT2D eigenvalue weighted by atomic mass is 10.1. The molecule has 0 bridgehead atoms. The zero-order chi connectivity index (χ0) is 12.6. The molecule has 0 radical (unpaired) electrons. The van der Waals surface area contributed by atoms with Gasteiger partial charge in [-0.3, -0.25) is 0 Å². The van der Waals surface area contributed by atoms with Crippen LogP contribution >= 0.6 is 0 Å². The number of para-hydroxylation sites is 1. The average molecular weight is 247 g/mol. The molecule has 1 aromatic rings. The standard InChI is InChI=1S/C14H21N3O/c1-14(2)10-16-13-11(4-3-5-12(13)18-14)17-8-6-15-7-9-17/h3-5,15-16H,6-10H2,1-2H3. The summed E-state index contributed by atoms with van der Waals surface area (Å²) in [6.07, 6.45) is 0. The Balaban J connectivity index is 1.92. The number of piperazine rings is 1. The van der Waals surface area contributed by atoms with E-state index in [0.717, 1.165) is 44.2 Å². The molecule has 98 valence electrons. The highest BCUT2D eigenvalue weighted by molar-refractivity contribution is 5.77. The molecule has 3 rings (SSSR count). The summed E-state index contributed by atoms with van der Waals surface area (Å²) in [5.74, 6) is 0.974. The highest BCUT2D eigenvalue weighted by Crippen LogP contribution is 2.40. The highest BCUT2D eigenvalue weighted by atomic mass is 16.5. The minimum atomic E-state index is -0.130. The fourth-order valence-corrected chi connectivity index (χ4v) is 2.59. The second kappa shape index (κ2) is 4.35. The van der Waals surface area contributed by atoms with Crippen LogP contribution in [0.25, 0.3) is 0 Å². The van der Waals surface area contributed by atoms with Gasteiger partial charge in [0.25, 0.3) is 0 Å². The molecule has 2 aliphatic heterocycles. The summed E-state index contributed by atoms with van der Waals surface area (Å²) in [6, 6.07) is 6.31. The fraction of sp³-hybridized carbons (Fsp3) is 0.571. The monoisotopic (exact) mass is 247 g/mol. The summed E-state index contributed by atoms with van der Waals surface area (Å²) in [4.78, 5) is 2.42. The first-order chi connectivity index (χ1) is 8.66. The maximum Gasteiger partial charge on any atom is 0.145 e. The molecule has 2 N–H and O–H groups in total. The van der Waals surface area contributed by atoms with Crippen molar-refractivity contribution < 1.29 is 4.74 Å². The molecule has 18 heavy (non-hydrogen) atoms. The van der Waals surface area contributed by atoms with Crippen LogP contribution in [0.1, 0.15) is 13.8 Å². The van der Waals surface area contributed by atoms with Gasteiger partial charge in [-0.05, 0) is 26.0 Å². The molecule has 0 unspecified atom stereocenters. The number of hydrogen-bond acceptors (Lipinski definition) is 4. The first-order valence-corrected chi connectivity index (χ1v) is 6.67. The SMILES string of the molecule is CC1(C)CNc2c(cccc2N2CCNCC2)O1. The number of hydrogen-bond donors (Lipinski definition) is 2. The average Bonchev–Trinajstić information content (AvgIpc) is 2.37. The van der Waals surface area contributed by atoms with Crippen molar-refractivity contribution >= 4 is 11.4 Å². The third-order valence-corrected chi connectivity index (χ3v) is 3.54. The van der Waals surface area contributed by atoms with E-state index in [-0.39, 0.29) is 5.60 Å². The molecule has 4 heteroatoms. The van der Waals surface area contributed by atoms with Gasteiger partial charge in [0.15, 0.2) is 0 Å². The Morgan fingerprint density at radius 3 is 2.78 bits per heavy atom. The molecule has 0 amide bonds. The fourth-order valence-electron chi connectivity index (χ4n) is 2.59. The quantitative estimate of drug-likeness (QED) is 0.791. The normalized spacial score (nSPS) is 21.8. The van der Waals surface area contributed by atoms with Crippen molar-refractivity contribution in [2.45, 2.75) is 19.4 Å². The minimum absolute atomic E-state index is 0.130. The van der Waals surface area contributed by atoms with E-state index in [0.29, 0.717) is 0 Å². The van der Waals surface area contributed by atoms with Crippen LogP contribution in [-0.2, 0) is 0 Å². The van der Waals surface area contributed by atoms with Crippen LogP contribution in [-0.4, -0.2) is 38.3 Å². The Bertz CT molecular complexity index is 439. The number of nitrogens with zero attached hydrogens (tertiary/aromatic N) is 1. The molecule has 0 saturated carbocycles. The number of nitrogens with one attached hydrogen (secondary N) is 2. The van der Waals surface area contributed by atoms with Gasteiger partial charge in [0.2, 0.25) is 0 Å². The smallest absolute Gasteiger partial charge is 0.145 e. The third-order valence-electron chi connectivity index (χ3n) is 3.54. The van der Waals surface area contributed by atoms with Gasteiger partial charge in [-0.1, -0.05) is 6.07 Å². The van der Waals surface area contributed by atoms with Crippen molar-refractivity contribution in [3.8, 4) is 5.75 Å². The van der Waals surface area contributed by atoms with Gasteiger partial charge in [-0.15, -0.1) is 0 Å². The van der Waals surface area contributed by atoms with E-state index in [9.17, 15) is 0 Å². The highest BCUT2D eigenvalue weighted by Gasteiger charge is 2.28. The van der Waals surface area contributed by atoms with Gasteiger partial charge >= 0.3 is 0 Å². The van der Waals surface area contributed by atoms with E-state index < -0.39 is 0 Å². The number of anilines is 2. The van der Waals surface area contributed by atoms with Gasteiger partial charge in [0, 0.05) is 26.2 Å². The number of fused-ring (bicyclic) bond motifs is 1. The number of benzene rings is 1. The summed E-state index contributed by atoms with van der Waals surface area (Å²) in [6.45, 7) is 9.29. The van der Waals surface area contributed by atoms with E-state index in [1.54, 1.807) is 0 Å². The summed E-state index contributed by atoms with van der Waals surface area (Å²) in [5, 5.41) is 6.92. The lowest BCUT2D eigenvalue weighted by molar-refractivity contribution is 0.116. The van der Waals surface area contributed by atoms with Gasteiger partial charge in [0.1, 0.15) is 17.0 Å². The topological polar surface area (TPSA) is 36.5 Å². The maximum absolute atomic E-state index is 6.05. The molecular formula is C14H21N3O. The third kappa shape index (κ3) is 2.12. The van der Waals surface area contributed by atoms with Crippen molar-refractivity contribution in [2.24, 2.45) is 0 Å². The molecular weight excluding hydrogens is 226 g/mol. The van der Waals surface area contributed by atoms with Crippen LogP contribution in [0.15, 0.2) is 18.2 Å². The lowest BCUT2D eigenvalue weighted by Gasteiger charge is -2.37. The predicted molar refractivity (Wildman–Crippen MR) is 74.7 cm³/mol. The molecule has 0 aromatic heterocycles. The lowest BCUT2D eigenvalue weighted by Crippen LogP contribution is -2.45. The Morgan fingerprint density at radius 2 is 2.00 bits per heavy atom. The van der Waals surface area contributed by atoms with Crippen LogP contribution < -0.4 is 20.3 Å². The van der Waals surface area contributed by atoms with Crippen LogP contribution in [0.3, 0.4) is 0 Å². The van der Waals surface area contributed by atoms with Crippen LogP contribution in [0.2, 0.25) is 0 Å². The maximum atomic E-state index is 6.05. The van der Waals surface area contributed by atoms with Crippen LogP contribution in [0, 0.1) is 0 Å². The number of ether oxygens (including phenoxy) is 1. The van der Waals surface area contributed by atoms with Crippen molar-refractivity contribution in [3.05, 3.63) is 18.2 Å². The first kappa shape index (κ1) is 11.7. The summed E-state index contributed by atoms with van der Waals surface area (Å²) >= 11 is 0. The molecule has 4 nitrogen and oxygen atoms in total. The Morgan fingerprint density at radius 1 is 1.22 bits per heavy atom. The van der Waals surface area contributed by atoms with Crippen molar-refractivity contribution in [2.75, 3.05) is 42.9 Å². The largest absolute Gasteiger partial charge is 0.484 e. The Kier molecular flexibility index (Phi) is 2.82.